The summed E-state index contributed by atoms with van der Waals surface area (Å²) < 4.78 is 0. The Labute approximate surface area is 101 Å². The van der Waals surface area contributed by atoms with Gasteiger partial charge in [-0.3, -0.25) is 0 Å². The Balaban J connectivity index is 2.57. The van der Waals surface area contributed by atoms with Gasteiger partial charge in [0.05, 0.1) is 12.1 Å². The second kappa shape index (κ2) is 4.91. The molecule has 0 bridgehead atoms. The summed E-state index contributed by atoms with van der Waals surface area (Å²) in [4.78, 5) is 24.2. The fourth-order valence-corrected chi connectivity index (χ4v) is 1.86. The Kier molecular flexibility index (Phi) is 3.98. The number of carbonyl (C=O) groups excluding carboxylic acids is 1. The molecular weight excluding hydrogens is 224 g/mol. The number of carboxylic acids is 1. The van der Waals surface area contributed by atoms with E-state index in [4.69, 9.17) is 5.11 Å². The topological polar surface area (TPSA) is 89.9 Å². The maximum absolute atomic E-state index is 11.8. The summed E-state index contributed by atoms with van der Waals surface area (Å²) in [7, 11) is 0. The molecule has 1 aliphatic rings. The van der Waals surface area contributed by atoms with Crippen molar-refractivity contribution in [1.82, 2.24) is 10.2 Å². The lowest BCUT2D eigenvalue weighted by Gasteiger charge is -2.23. The van der Waals surface area contributed by atoms with Crippen molar-refractivity contribution in [2.75, 3.05) is 13.1 Å². The third-order valence-electron chi connectivity index (χ3n) is 2.95. The predicted octanol–water partition coefficient (Wildman–Crippen LogP) is 0.262. The molecule has 2 amide bonds. The van der Waals surface area contributed by atoms with Gasteiger partial charge in [0.25, 0.3) is 0 Å². The van der Waals surface area contributed by atoms with Gasteiger partial charge < -0.3 is 20.4 Å². The van der Waals surface area contributed by atoms with Crippen LogP contribution in [0.15, 0.2) is 0 Å². The highest BCUT2D eigenvalue weighted by Crippen LogP contribution is 2.20. The van der Waals surface area contributed by atoms with E-state index in [1.54, 1.807) is 20.8 Å². The minimum Gasteiger partial charge on any atom is -0.480 e. The van der Waals surface area contributed by atoms with Gasteiger partial charge in [0.1, 0.15) is 6.04 Å². The Morgan fingerprint density at radius 2 is 2.00 bits per heavy atom. The van der Waals surface area contributed by atoms with E-state index in [1.165, 1.54) is 4.90 Å². The predicted molar refractivity (Wildman–Crippen MR) is 61.6 cm³/mol. The minimum absolute atomic E-state index is 0.181. The molecule has 1 saturated heterocycles. The summed E-state index contributed by atoms with van der Waals surface area (Å²) in [6, 6.07) is -1.32. The van der Waals surface area contributed by atoms with Crippen LogP contribution >= 0.6 is 0 Å². The first kappa shape index (κ1) is 13.8. The number of β-amino-alcohol motifs (C(OH)–C–C–N with tert-alkyl or cyclic N) is 1. The lowest BCUT2D eigenvalue weighted by Crippen LogP contribution is -2.50. The minimum atomic E-state index is -1.04. The van der Waals surface area contributed by atoms with Gasteiger partial charge in [-0.2, -0.15) is 0 Å². The summed E-state index contributed by atoms with van der Waals surface area (Å²) in [5.41, 5.74) is -0.867. The van der Waals surface area contributed by atoms with Crippen molar-refractivity contribution in [1.29, 1.82) is 0 Å². The SMILES string of the molecule is CC(C)[C@@H](NC(=O)N1CCC(C)(O)C1)C(=O)O. The fourth-order valence-electron chi connectivity index (χ4n) is 1.86. The van der Waals surface area contributed by atoms with Crippen LogP contribution in [0.2, 0.25) is 0 Å². The van der Waals surface area contributed by atoms with E-state index in [2.05, 4.69) is 5.32 Å². The number of hydrogen-bond acceptors (Lipinski definition) is 3. The molecule has 0 aliphatic carbocycles. The molecule has 1 rings (SSSR count). The summed E-state index contributed by atoms with van der Waals surface area (Å²) in [6.07, 6.45) is 0.514. The van der Waals surface area contributed by atoms with Crippen molar-refractivity contribution >= 4 is 12.0 Å². The number of aliphatic carboxylic acids is 1. The molecule has 1 heterocycles. The van der Waals surface area contributed by atoms with Crippen molar-refractivity contribution in [3.63, 3.8) is 0 Å². The van der Waals surface area contributed by atoms with Crippen LogP contribution in [0, 0.1) is 5.92 Å². The first-order valence-corrected chi connectivity index (χ1v) is 5.73. The van der Waals surface area contributed by atoms with Crippen LogP contribution in [0.5, 0.6) is 0 Å². The smallest absolute Gasteiger partial charge is 0.326 e. The summed E-state index contributed by atoms with van der Waals surface area (Å²) in [6.45, 7) is 5.82. The molecule has 17 heavy (non-hydrogen) atoms. The lowest BCUT2D eigenvalue weighted by molar-refractivity contribution is -0.140. The normalized spacial score (nSPS) is 26.1. The van der Waals surface area contributed by atoms with Crippen LogP contribution in [0.1, 0.15) is 27.2 Å². The van der Waals surface area contributed by atoms with Crippen molar-refractivity contribution in [3.8, 4) is 0 Å². The first-order chi connectivity index (χ1) is 7.73. The largest absolute Gasteiger partial charge is 0.480 e. The maximum atomic E-state index is 11.8. The molecule has 0 aromatic rings. The van der Waals surface area contributed by atoms with E-state index in [0.29, 0.717) is 13.0 Å². The number of amides is 2. The maximum Gasteiger partial charge on any atom is 0.326 e. The second-order valence-corrected chi connectivity index (χ2v) is 5.18. The summed E-state index contributed by atoms with van der Waals surface area (Å²) in [5, 5.41) is 21.2. The number of carboxylic acid groups (broad SMARTS) is 1. The van der Waals surface area contributed by atoms with E-state index in [9.17, 15) is 14.7 Å². The van der Waals surface area contributed by atoms with Crippen LogP contribution in [0.25, 0.3) is 0 Å². The zero-order chi connectivity index (χ0) is 13.2. The highest BCUT2D eigenvalue weighted by Gasteiger charge is 2.35. The number of carbonyl (C=O) groups is 2. The number of urea groups is 1. The molecule has 98 valence electrons. The van der Waals surface area contributed by atoms with Gasteiger partial charge in [-0.15, -0.1) is 0 Å². The van der Waals surface area contributed by atoms with E-state index in [1.807, 2.05) is 0 Å². The Morgan fingerprint density at radius 3 is 2.35 bits per heavy atom. The third-order valence-corrected chi connectivity index (χ3v) is 2.95. The standard InChI is InChI=1S/C11H20N2O4/c1-7(2)8(9(14)15)12-10(16)13-5-4-11(3,17)6-13/h7-8,17H,4-6H2,1-3H3,(H,12,16)(H,14,15)/t8-,11?/m1/s1. The molecule has 0 aromatic heterocycles. The van der Waals surface area contributed by atoms with Gasteiger partial charge in [-0.25, -0.2) is 9.59 Å². The van der Waals surface area contributed by atoms with E-state index < -0.39 is 23.6 Å². The quantitative estimate of drug-likeness (QED) is 0.664. The molecule has 2 atom stereocenters. The molecule has 6 nitrogen and oxygen atoms in total. The van der Waals surface area contributed by atoms with Crippen molar-refractivity contribution in [3.05, 3.63) is 0 Å². The highest BCUT2D eigenvalue weighted by atomic mass is 16.4. The average Bonchev–Trinajstić information content (AvgIpc) is 2.53. The molecule has 0 saturated carbocycles. The van der Waals surface area contributed by atoms with Crippen LogP contribution in [-0.2, 0) is 4.79 Å². The Hall–Kier alpha value is -1.30. The average molecular weight is 244 g/mol. The van der Waals surface area contributed by atoms with Crippen LogP contribution in [0.3, 0.4) is 0 Å². The number of nitrogens with zero attached hydrogens (tertiary/aromatic N) is 1. The van der Waals surface area contributed by atoms with E-state index in [0.717, 1.165) is 0 Å². The van der Waals surface area contributed by atoms with Gasteiger partial charge >= 0.3 is 12.0 Å². The summed E-state index contributed by atoms with van der Waals surface area (Å²) in [5.74, 6) is -1.22. The molecule has 1 fully saturated rings. The van der Waals surface area contributed by atoms with Gasteiger partial charge in [-0.05, 0) is 19.3 Å². The molecule has 0 spiro atoms. The van der Waals surface area contributed by atoms with E-state index in [-0.39, 0.29) is 12.5 Å². The van der Waals surface area contributed by atoms with Crippen molar-refractivity contribution in [2.45, 2.75) is 38.8 Å². The molecule has 6 heteroatoms. The second-order valence-electron chi connectivity index (χ2n) is 5.18. The van der Waals surface area contributed by atoms with Crippen LogP contribution < -0.4 is 5.32 Å². The van der Waals surface area contributed by atoms with Gasteiger partial charge in [-0.1, -0.05) is 13.8 Å². The Morgan fingerprint density at radius 1 is 1.41 bits per heavy atom. The molecular formula is C11H20N2O4. The monoisotopic (exact) mass is 244 g/mol. The zero-order valence-corrected chi connectivity index (χ0v) is 10.4. The molecule has 0 radical (unpaired) electrons. The first-order valence-electron chi connectivity index (χ1n) is 5.73. The van der Waals surface area contributed by atoms with E-state index >= 15 is 0 Å². The molecule has 1 unspecified atom stereocenters. The number of hydrogen-bond donors (Lipinski definition) is 3. The Bertz CT molecular complexity index is 315. The van der Waals surface area contributed by atoms with Crippen molar-refractivity contribution in [2.24, 2.45) is 5.92 Å². The van der Waals surface area contributed by atoms with Gasteiger partial charge in [0.2, 0.25) is 0 Å². The third kappa shape index (κ3) is 3.59. The van der Waals surface area contributed by atoms with Crippen LogP contribution in [0.4, 0.5) is 4.79 Å². The van der Waals surface area contributed by atoms with Gasteiger partial charge in [0.15, 0.2) is 0 Å². The van der Waals surface area contributed by atoms with Gasteiger partial charge in [0, 0.05) is 6.54 Å². The van der Waals surface area contributed by atoms with Crippen LogP contribution in [-0.4, -0.2) is 51.8 Å². The van der Waals surface area contributed by atoms with Crippen molar-refractivity contribution < 1.29 is 19.8 Å². The molecule has 1 aliphatic heterocycles. The summed E-state index contributed by atoms with van der Waals surface area (Å²) >= 11 is 0. The number of likely N-dealkylation sites (tertiary alicyclic amines) is 1. The highest BCUT2D eigenvalue weighted by molar-refractivity contribution is 5.83. The molecule has 3 N–H and O–H groups in total. The number of rotatable bonds is 3. The molecule has 0 aromatic carbocycles. The lowest BCUT2D eigenvalue weighted by atomic mass is 10.1. The fraction of sp³-hybridized carbons (Fsp3) is 0.818. The number of aliphatic hydroxyl groups is 1. The zero-order valence-electron chi connectivity index (χ0n) is 10.4. The number of nitrogens with one attached hydrogen (secondary N) is 1.